The minimum Gasteiger partial charge on any atom is -0.494 e. The highest BCUT2D eigenvalue weighted by Crippen LogP contribution is 2.44. The number of aromatic amines is 1. The SMILES string of the molecule is Cc1ccccc1-c1c(O)n(C2(C)CC2)c(=O)[nH]c1=O. The van der Waals surface area contributed by atoms with Crippen molar-refractivity contribution >= 4 is 0 Å². The first-order valence-corrected chi connectivity index (χ1v) is 6.59. The molecular weight excluding hydrogens is 256 g/mol. The molecule has 0 atom stereocenters. The standard InChI is InChI=1S/C15H16N2O3/c1-9-5-3-4-6-10(9)11-12(18)16-14(20)17(13(11)19)15(2)7-8-15/h3-6,19H,7-8H2,1-2H3,(H,16,18,20). The molecule has 1 aromatic carbocycles. The third-order valence-corrected chi connectivity index (χ3v) is 4.01. The molecule has 0 bridgehead atoms. The van der Waals surface area contributed by atoms with Gasteiger partial charge in [-0.05, 0) is 37.8 Å². The highest BCUT2D eigenvalue weighted by Gasteiger charge is 2.42. The van der Waals surface area contributed by atoms with Crippen LogP contribution in [-0.2, 0) is 5.54 Å². The Balaban J connectivity index is 2.35. The number of H-pyrrole nitrogens is 1. The van der Waals surface area contributed by atoms with Crippen LogP contribution in [0.3, 0.4) is 0 Å². The van der Waals surface area contributed by atoms with Gasteiger partial charge in [0.05, 0.1) is 0 Å². The Kier molecular flexibility index (Phi) is 2.61. The molecule has 5 nitrogen and oxygen atoms in total. The van der Waals surface area contributed by atoms with E-state index in [0.717, 1.165) is 18.4 Å². The van der Waals surface area contributed by atoms with E-state index in [4.69, 9.17) is 0 Å². The van der Waals surface area contributed by atoms with Gasteiger partial charge in [-0.3, -0.25) is 14.3 Å². The smallest absolute Gasteiger partial charge is 0.331 e. The molecule has 104 valence electrons. The fourth-order valence-electron chi connectivity index (χ4n) is 2.53. The molecule has 20 heavy (non-hydrogen) atoms. The fraction of sp³-hybridized carbons (Fsp3) is 0.333. The maximum absolute atomic E-state index is 12.1. The number of rotatable bonds is 2. The summed E-state index contributed by atoms with van der Waals surface area (Å²) in [5, 5.41) is 10.4. The van der Waals surface area contributed by atoms with Crippen LogP contribution >= 0.6 is 0 Å². The van der Waals surface area contributed by atoms with Crippen molar-refractivity contribution in [3.05, 3.63) is 50.7 Å². The van der Waals surface area contributed by atoms with Gasteiger partial charge in [0.15, 0.2) is 0 Å². The summed E-state index contributed by atoms with van der Waals surface area (Å²) in [5.74, 6) is -0.243. The van der Waals surface area contributed by atoms with Gasteiger partial charge in [0, 0.05) is 5.54 Å². The molecule has 1 saturated carbocycles. The summed E-state index contributed by atoms with van der Waals surface area (Å²) in [7, 11) is 0. The van der Waals surface area contributed by atoms with E-state index in [1.807, 2.05) is 26.0 Å². The van der Waals surface area contributed by atoms with Gasteiger partial charge >= 0.3 is 5.69 Å². The van der Waals surface area contributed by atoms with Crippen molar-refractivity contribution in [2.75, 3.05) is 0 Å². The van der Waals surface area contributed by atoms with E-state index >= 15 is 0 Å². The van der Waals surface area contributed by atoms with Crippen LogP contribution in [0.25, 0.3) is 11.1 Å². The quantitative estimate of drug-likeness (QED) is 0.874. The Hall–Kier alpha value is -2.30. The van der Waals surface area contributed by atoms with Crippen molar-refractivity contribution in [1.29, 1.82) is 0 Å². The normalized spacial score (nSPS) is 16.1. The van der Waals surface area contributed by atoms with Crippen LogP contribution in [0.5, 0.6) is 5.88 Å². The Morgan fingerprint density at radius 1 is 1.25 bits per heavy atom. The Morgan fingerprint density at radius 3 is 2.50 bits per heavy atom. The van der Waals surface area contributed by atoms with E-state index in [1.165, 1.54) is 4.57 Å². The average Bonchev–Trinajstić information content (AvgIpc) is 3.09. The van der Waals surface area contributed by atoms with Crippen LogP contribution in [0, 0.1) is 6.92 Å². The maximum atomic E-state index is 12.1. The number of aromatic hydroxyl groups is 1. The molecule has 0 aliphatic heterocycles. The molecule has 1 fully saturated rings. The molecule has 3 rings (SSSR count). The van der Waals surface area contributed by atoms with Gasteiger partial charge < -0.3 is 5.11 Å². The molecule has 2 N–H and O–H groups in total. The lowest BCUT2D eigenvalue weighted by Gasteiger charge is -2.17. The van der Waals surface area contributed by atoms with Crippen molar-refractivity contribution < 1.29 is 5.11 Å². The summed E-state index contributed by atoms with van der Waals surface area (Å²) in [5.41, 5.74) is 0.190. The van der Waals surface area contributed by atoms with Crippen molar-refractivity contribution in [3.63, 3.8) is 0 Å². The van der Waals surface area contributed by atoms with Crippen molar-refractivity contribution in [2.24, 2.45) is 0 Å². The number of hydrogen-bond donors (Lipinski definition) is 2. The topological polar surface area (TPSA) is 75.1 Å². The molecule has 0 radical (unpaired) electrons. The first kappa shape index (κ1) is 12.7. The summed E-state index contributed by atoms with van der Waals surface area (Å²) in [6.07, 6.45) is 1.64. The summed E-state index contributed by atoms with van der Waals surface area (Å²) in [4.78, 5) is 26.4. The number of aromatic nitrogens is 2. The first-order valence-electron chi connectivity index (χ1n) is 6.59. The maximum Gasteiger partial charge on any atom is 0.331 e. The molecule has 0 unspecified atom stereocenters. The third-order valence-electron chi connectivity index (χ3n) is 4.01. The average molecular weight is 272 g/mol. The lowest BCUT2D eigenvalue weighted by Crippen LogP contribution is -2.35. The lowest BCUT2D eigenvalue weighted by atomic mass is 10.0. The van der Waals surface area contributed by atoms with E-state index in [9.17, 15) is 14.7 Å². The summed E-state index contributed by atoms with van der Waals surface area (Å²) >= 11 is 0. The van der Waals surface area contributed by atoms with Gasteiger partial charge in [0.1, 0.15) is 5.56 Å². The molecule has 0 spiro atoms. The van der Waals surface area contributed by atoms with E-state index in [1.54, 1.807) is 12.1 Å². The van der Waals surface area contributed by atoms with Crippen LogP contribution in [-0.4, -0.2) is 14.7 Å². The molecule has 2 aromatic rings. The van der Waals surface area contributed by atoms with Gasteiger partial charge in [0.25, 0.3) is 5.56 Å². The van der Waals surface area contributed by atoms with Crippen LogP contribution in [0.2, 0.25) is 0 Å². The zero-order valence-electron chi connectivity index (χ0n) is 11.4. The second kappa shape index (κ2) is 4.10. The Bertz CT molecular complexity index is 797. The van der Waals surface area contributed by atoms with Crippen LogP contribution < -0.4 is 11.2 Å². The van der Waals surface area contributed by atoms with Gasteiger partial charge in [-0.1, -0.05) is 24.3 Å². The molecular formula is C15H16N2O3. The highest BCUT2D eigenvalue weighted by molar-refractivity contribution is 5.70. The monoisotopic (exact) mass is 272 g/mol. The summed E-state index contributed by atoms with van der Waals surface area (Å²) in [6.45, 7) is 3.76. The van der Waals surface area contributed by atoms with Crippen LogP contribution in [0.4, 0.5) is 0 Å². The number of nitrogens with one attached hydrogen (secondary N) is 1. The number of nitrogens with zero attached hydrogens (tertiary/aromatic N) is 1. The van der Waals surface area contributed by atoms with Gasteiger partial charge in [-0.2, -0.15) is 0 Å². The van der Waals surface area contributed by atoms with Gasteiger partial charge in [0.2, 0.25) is 5.88 Å². The van der Waals surface area contributed by atoms with Crippen LogP contribution in [0.15, 0.2) is 33.9 Å². The first-order chi connectivity index (χ1) is 9.44. The number of benzene rings is 1. The highest BCUT2D eigenvalue weighted by atomic mass is 16.3. The van der Waals surface area contributed by atoms with Crippen LogP contribution in [0.1, 0.15) is 25.3 Å². The predicted octanol–water partition coefficient (Wildman–Crippen LogP) is 1.73. The molecule has 5 heteroatoms. The number of aryl methyl sites for hydroxylation is 1. The molecule has 1 aromatic heterocycles. The van der Waals surface area contributed by atoms with Crippen molar-refractivity contribution in [2.45, 2.75) is 32.2 Å². The molecule has 0 amide bonds. The minimum atomic E-state index is -0.553. The minimum absolute atomic E-state index is 0.163. The number of hydrogen-bond acceptors (Lipinski definition) is 3. The summed E-state index contributed by atoms with van der Waals surface area (Å²) < 4.78 is 1.30. The summed E-state index contributed by atoms with van der Waals surface area (Å²) in [6, 6.07) is 7.30. The van der Waals surface area contributed by atoms with Gasteiger partial charge in [-0.15, -0.1) is 0 Å². The van der Waals surface area contributed by atoms with E-state index in [-0.39, 0.29) is 17.0 Å². The van der Waals surface area contributed by atoms with E-state index in [0.29, 0.717) is 5.56 Å². The fourth-order valence-corrected chi connectivity index (χ4v) is 2.53. The third kappa shape index (κ3) is 1.78. The van der Waals surface area contributed by atoms with E-state index in [2.05, 4.69) is 4.98 Å². The largest absolute Gasteiger partial charge is 0.494 e. The molecule has 1 aliphatic carbocycles. The van der Waals surface area contributed by atoms with Crippen molar-refractivity contribution in [3.8, 4) is 17.0 Å². The second-order valence-corrected chi connectivity index (χ2v) is 5.61. The zero-order chi connectivity index (χ0) is 14.5. The molecule has 0 saturated heterocycles. The van der Waals surface area contributed by atoms with E-state index < -0.39 is 11.2 Å². The zero-order valence-corrected chi connectivity index (χ0v) is 11.4. The Labute approximate surface area is 115 Å². The predicted molar refractivity (Wildman–Crippen MR) is 76.0 cm³/mol. The molecule has 1 heterocycles. The van der Waals surface area contributed by atoms with Gasteiger partial charge in [-0.25, -0.2) is 4.79 Å². The molecule has 1 aliphatic rings. The van der Waals surface area contributed by atoms with Crippen molar-refractivity contribution in [1.82, 2.24) is 9.55 Å². The second-order valence-electron chi connectivity index (χ2n) is 5.61. The lowest BCUT2D eigenvalue weighted by molar-refractivity contribution is 0.364. The Morgan fingerprint density at radius 2 is 1.90 bits per heavy atom.